The van der Waals surface area contributed by atoms with Gasteiger partial charge in [-0.3, -0.25) is 4.90 Å². The molecule has 1 fully saturated rings. The molecule has 0 spiro atoms. The fraction of sp³-hybridized carbons (Fsp3) is 0.333. The topological polar surface area (TPSA) is 59.0 Å². The third-order valence-corrected chi connectivity index (χ3v) is 4.45. The second kappa shape index (κ2) is 6.29. The maximum atomic E-state index is 9.48. The van der Waals surface area contributed by atoms with Crippen LogP contribution in [-0.4, -0.2) is 41.0 Å². The SMILES string of the molecule is N#CC(c1[nH]cnc1Br)N1CCN(c2ccccc2)CC1. The first kappa shape index (κ1) is 14.1. The van der Waals surface area contributed by atoms with E-state index in [0.29, 0.717) is 0 Å². The number of anilines is 1. The standard InChI is InChI=1S/C15H16BrN5/c16-15-14(18-11-19-15)13(10-17)21-8-6-20(7-9-21)12-4-2-1-3-5-12/h1-5,11,13H,6-9H2,(H,18,19). The van der Waals surface area contributed by atoms with Crippen LogP contribution in [0.3, 0.4) is 0 Å². The molecule has 5 nitrogen and oxygen atoms in total. The molecule has 1 atom stereocenters. The zero-order chi connectivity index (χ0) is 14.7. The Morgan fingerprint density at radius 3 is 2.48 bits per heavy atom. The summed E-state index contributed by atoms with van der Waals surface area (Å²) in [6, 6.07) is 12.5. The summed E-state index contributed by atoms with van der Waals surface area (Å²) in [4.78, 5) is 11.7. The molecule has 1 unspecified atom stereocenters. The molecule has 0 aliphatic carbocycles. The highest BCUT2D eigenvalue weighted by atomic mass is 79.9. The molecule has 108 valence electrons. The van der Waals surface area contributed by atoms with Crippen molar-refractivity contribution >= 4 is 21.6 Å². The van der Waals surface area contributed by atoms with Gasteiger partial charge in [-0.15, -0.1) is 0 Å². The average Bonchev–Trinajstić information content (AvgIpc) is 2.96. The minimum absolute atomic E-state index is 0.278. The largest absolute Gasteiger partial charge is 0.369 e. The molecule has 1 aromatic heterocycles. The molecule has 6 heteroatoms. The molecular formula is C15H16BrN5. The van der Waals surface area contributed by atoms with Gasteiger partial charge in [-0.25, -0.2) is 4.98 Å². The van der Waals surface area contributed by atoms with Crippen molar-refractivity contribution < 1.29 is 0 Å². The summed E-state index contributed by atoms with van der Waals surface area (Å²) in [6.45, 7) is 3.57. The second-order valence-electron chi connectivity index (χ2n) is 5.00. The first-order valence-electron chi connectivity index (χ1n) is 6.92. The van der Waals surface area contributed by atoms with Crippen molar-refractivity contribution in [2.45, 2.75) is 6.04 Å². The van der Waals surface area contributed by atoms with E-state index in [-0.39, 0.29) is 6.04 Å². The van der Waals surface area contributed by atoms with Crippen LogP contribution >= 0.6 is 15.9 Å². The molecule has 0 bridgehead atoms. The first-order valence-corrected chi connectivity index (χ1v) is 7.71. The summed E-state index contributed by atoms with van der Waals surface area (Å²) in [5.41, 5.74) is 2.08. The van der Waals surface area contributed by atoms with Crippen LogP contribution in [0.2, 0.25) is 0 Å². The van der Waals surface area contributed by atoms with Gasteiger partial charge in [0.05, 0.1) is 18.1 Å². The highest BCUT2D eigenvalue weighted by molar-refractivity contribution is 9.10. The molecule has 0 amide bonds. The van der Waals surface area contributed by atoms with Crippen molar-refractivity contribution in [1.29, 1.82) is 5.26 Å². The number of imidazole rings is 1. The summed E-state index contributed by atoms with van der Waals surface area (Å²) in [5.74, 6) is 0. The van der Waals surface area contributed by atoms with Crippen LogP contribution in [0.1, 0.15) is 11.7 Å². The Balaban J connectivity index is 1.68. The molecule has 3 rings (SSSR count). The lowest BCUT2D eigenvalue weighted by atomic mass is 10.1. The highest BCUT2D eigenvalue weighted by Gasteiger charge is 2.27. The number of hydrogen-bond acceptors (Lipinski definition) is 4. The number of hydrogen-bond donors (Lipinski definition) is 1. The maximum absolute atomic E-state index is 9.48. The van der Waals surface area contributed by atoms with E-state index in [1.807, 2.05) is 6.07 Å². The average molecular weight is 346 g/mol. The number of piperazine rings is 1. The van der Waals surface area contributed by atoms with Crippen LogP contribution in [0.15, 0.2) is 41.3 Å². The number of H-pyrrole nitrogens is 1. The van der Waals surface area contributed by atoms with Gasteiger partial charge in [0.15, 0.2) is 0 Å². The van der Waals surface area contributed by atoms with Gasteiger partial charge in [-0.2, -0.15) is 5.26 Å². The minimum atomic E-state index is -0.278. The van der Waals surface area contributed by atoms with Gasteiger partial charge in [0, 0.05) is 31.9 Å². The molecule has 1 N–H and O–H groups in total. The highest BCUT2D eigenvalue weighted by Crippen LogP contribution is 2.26. The second-order valence-corrected chi connectivity index (χ2v) is 5.75. The minimum Gasteiger partial charge on any atom is -0.369 e. The van der Waals surface area contributed by atoms with Crippen molar-refractivity contribution in [3.63, 3.8) is 0 Å². The third-order valence-electron chi connectivity index (χ3n) is 3.82. The molecule has 1 aromatic carbocycles. The van der Waals surface area contributed by atoms with Gasteiger partial charge in [-0.1, -0.05) is 18.2 Å². The summed E-state index contributed by atoms with van der Waals surface area (Å²) >= 11 is 3.39. The Hall–Kier alpha value is -1.84. The molecular weight excluding hydrogens is 330 g/mol. The molecule has 1 saturated heterocycles. The predicted octanol–water partition coefficient (Wildman–Crippen LogP) is 2.56. The maximum Gasteiger partial charge on any atom is 0.141 e. The van der Waals surface area contributed by atoms with Crippen molar-refractivity contribution in [3.05, 3.63) is 47.0 Å². The number of aromatic nitrogens is 2. The fourth-order valence-corrected chi connectivity index (χ4v) is 3.12. The number of rotatable bonds is 3. The summed E-state index contributed by atoms with van der Waals surface area (Å²) in [6.07, 6.45) is 1.62. The van der Waals surface area contributed by atoms with Crippen molar-refractivity contribution in [3.8, 4) is 6.07 Å². The summed E-state index contributed by atoms with van der Waals surface area (Å²) in [7, 11) is 0. The van der Waals surface area contributed by atoms with E-state index in [9.17, 15) is 5.26 Å². The Labute approximate surface area is 132 Å². The van der Waals surface area contributed by atoms with Crippen LogP contribution in [0.4, 0.5) is 5.69 Å². The van der Waals surface area contributed by atoms with Crippen LogP contribution < -0.4 is 4.90 Å². The smallest absolute Gasteiger partial charge is 0.141 e. The van der Waals surface area contributed by atoms with E-state index in [4.69, 9.17) is 0 Å². The van der Waals surface area contributed by atoms with E-state index in [0.717, 1.165) is 36.5 Å². The van der Waals surface area contributed by atoms with E-state index in [2.05, 4.69) is 66.0 Å². The van der Waals surface area contributed by atoms with Gasteiger partial charge < -0.3 is 9.88 Å². The predicted molar refractivity (Wildman–Crippen MR) is 84.9 cm³/mol. The molecule has 2 heterocycles. The van der Waals surface area contributed by atoms with Crippen molar-refractivity contribution in [2.24, 2.45) is 0 Å². The summed E-state index contributed by atoms with van der Waals surface area (Å²) in [5, 5.41) is 9.48. The fourth-order valence-electron chi connectivity index (χ4n) is 2.69. The lowest BCUT2D eigenvalue weighted by molar-refractivity contribution is 0.219. The van der Waals surface area contributed by atoms with Crippen molar-refractivity contribution in [2.75, 3.05) is 31.1 Å². The van der Waals surface area contributed by atoms with Gasteiger partial charge in [0.25, 0.3) is 0 Å². The van der Waals surface area contributed by atoms with Crippen molar-refractivity contribution in [1.82, 2.24) is 14.9 Å². The number of halogens is 1. The molecule has 0 radical (unpaired) electrons. The zero-order valence-corrected chi connectivity index (χ0v) is 13.1. The number of benzene rings is 1. The number of nitrogens with zero attached hydrogens (tertiary/aromatic N) is 4. The van der Waals surface area contributed by atoms with E-state index >= 15 is 0 Å². The molecule has 0 saturated carbocycles. The lowest BCUT2D eigenvalue weighted by Crippen LogP contribution is -2.47. The zero-order valence-electron chi connectivity index (χ0n) is 11.5. The van der Waals surface area contributed by atoms with Gasteiger partial charge >= 0.3 is 0 Å². The Morgan fingerprint density at radius 2 is 1.90 bits per heavy atom. The van der Waals surface area contributed by atoms with Crippen LogP contribution in [0.5, 0.6) is 0 Å². The Bertz CT molecular complexity index is 625. The molecule has 1 aliphatic heterocycles. The third kappa shape index (κ3) is 2.94. The number of para-hydroxylation sites is 1. The molecule has 21 heavy (non-hydrogen) atoms. The first-order chi connectivity index (χ1) is 10.3. The van der Waals surface area contributed by atoms with Crippen LogP contribution in [0.25, 0.3) is 0 Å². The molecule has 1 aliphatic rings. The lowest BCUT2D eigenvalue weighted by Gasteiger charge is -2.37. The quantitative estimate of drug-likeness (QED) is 0.928. The number of nitriles is 1. The Morgan fingerprint density at radius 1 is 1.19 bits per heavy atom. The van der Waals surface area contributed by atoms with Gasteiger partial charge in [0.2, 0.25) is 0 Å². The number of aromatic amines is 1. The normalized spacial score (nSPS) is 17.4. The summed E-state index contributed by atoms with van der Waals surface area (Å²) < 4.78 is 0.722. The monoisotopic (exact) mass is 345 g/mol. The number of nitrogens with one attached hydrogen (secondary N) is 1. The van der Waals surface area contributed by atoms with Crippen LogP contribution in [0, 0.1) is 11.3 Å². The Kier molecular flexibility index (Phi) is 4.23. The van der Waals surface area contributed by atoms with E-state index < -0.39 is 0 Å². The van der Waals surface area contributed by atoms with Gasteiger partial charge in [-0.05, 0) is 28.1 Å². The molecule has 2 aromatic rings. The van der Waals surface area contributed by atoms with E-state index in [1.165, 1.54) is 5.69 Å². The van der Waals surface area contributed by atoms with E-state index in [1.54, 1.807) is 6.33 Å². The van der Waals surface area contributed by atoms with Gasteiger partial charge in [0.1, 0.15) is 10.6 Å². The van der Waals surface area contributed by atoms with Crippen LogP contribution in [-0.2, 0) is 0 Å².